The van der Waals surface area contributed by atoms with Gasteiger partial charge in [0.05, 0.1) is 35.2 Å². The van der Waals surface area contributed by atoms with Gasteiger partial charge in [-0.1, -0.05) is 11.6 Å². The summed E-state index contributed by atoms with van der Waals surface area (Å²) in [6, 6.07) is 3.58. The number of alkyl halides is 3. The highest BCUT2D eigenvalue weighted by Gasteiger charge is 2.33. The summed E-state index contributed by atoms with van der Waals surface area (Å²) in [4.78, 5) is 35.2. The number of aryl methyl sites for hydroxylation is 1. The van der Waals surface area contributed by atoms with Gasteiger partial charge in [-0.05, 0) is 49.5 Å². The van der Waals surface area contributed by atoms with E-state index in [1.165, 1.54) is 29.4 Å². The first-order chi connectivity index (χ1) is 18.0. The second-order valence-electron chi connectivity index (χ2n) is 8.61. The maximum atomic E-state index is 13.7. The SMILES string of the molecule is Cc1nsc(Nc2cncc(C(=O)NC3CCN(CC(F)(F)F)CC3)n2)c1C(=O)Nc1ccc(Cl)c(F)c1. The van der Waals surface area contributed by atoms with Gasteiger partial charge in [0.1, 0.15) is 22.3 Å². The van der Waals surface area contributed by atoms with Gasteiger partial charge in [0.2, 0.25) is 0 Å². The van der Waals surface area contributed by atoms with Crippen LogP contribution in [0.1, 0.15) is 39.4 Å². The molecule has 3 aromatic rings. The minimum Gasteiger partial charge on any atom is -0.348 e. The van der Waals surface area contributed by atoms with Crippen LogP contribution < -0.4 is 16.0 Å². The third kappa shape index (κ3) is 7.14. The molecule has 0 bridgehead atoms. The summed E-state index contributed by atoms with van der Waals surface area (Å²) in [6.45, 7) is 1.10. The van der Waals surface area contributed by atoms with Gasteiger partial charge < -0.3 is 16.0 Å². The van der Waals surface area contributed by atoms with Crippen LogP contribution in [0, 0.1) is 12.7 Å². The van der Waals surface area contributed by atoms with Gasteiger partial charge in [0.15, 0.2) is 0 Å². The van der Waals surface area contributed by atoms with Crippen LogP contribution in [0.5, 0.6) is 0 Å². The zero-order chi connectivity index (χ0) is 27.4. The fourth-order valence-electron chi connectivity index (χ4n) is 3.89. The van der Waals surface area contributed by atoms with E-state index in [4.69, 9.17) is 11.6 Å². The first-order valence-electron chi connectivity index (χ1n) is 11.4. The number of anilines is 3. The van der Waals surface area contributed by atoms with Crippen molar-refractivity contribution in [3.8, 4) is 0 Å². The molecular weight excluding hydrogens is 550 g/mol. The Hall–Kier alpha value is -3.36. The number of amides is 2. The first-order valence-corrected chi connectivity index (χ1v) is 12.6. The summed E-state index contributed by atoms with van der Waals surface area (Å²) in [5.41, 5.74) is 0.823. The van der Waals surface area contributed by atoms with Gasteiger partial charge in [-0.25, -0.2) is 9.37 Å². The third-order valence-electron chi connectivity index (χ3n) is 5.70. The molecule has 0 saturated carbocycles. The summed E-state index contributed by atoms with van der Waals surface area (Å²) in [6.07, 6.45) is -0.881. The van der Waals surface area contributed by atoms with Crippen molar-refractivity contribution < 1.29 is 27.2 Å². The van der Waals surface area contributed by atoms with Crippen molar-refractivity contribution in [2.45, 2.75) is 32.0 Å². The number of likely N-dealkylation sites (tertiary alicyclic amines) is 1. The zero-order valence-corrected chi connectivity index (χ0v) is 21.5. The normalized spacial score (nSPS) is 14.8. The number of aromatic nitrogens is 3. The van der Waals surface area contributed by atoms with Crippen LogP contribution in [0.2, 0.25) is 5.02 Å². The maximum absolute atomic E-state index is 13.7. The predicted octanol–water partition coefficient (Wildman–Crippen LogP) is 4.79. The average Bonchev–Trinajstić information content (AvgIpc) is 3.21. The monoisotopic (exact) mass is 571 g/mol. The molecule has 38 heavy (non-hydrogen) atoms. The average molecular weight is 572 g/mol. The maximum Gasteiger partial charge on any atom is 0.401 e. The van der Waals surface area contributed by atoms with Crippen LogP contribution in [0.25, 0.3) is 0 Å². The van der Waals surface area contributed by atoms with E-state index < -0.39 is 30.4 Å². The lowest BCUT2D eigenvalue weighted by Crippen LogP contribution is -2.47. The van der Waals surface area contributed by atoms with Crippen molar-refractivity contribution in [3.63, 3.8) is 0 Å². The van der Waals surface area contributed by atoms with Gasteiger partial charge in [0, 0.05) is 24.8 Å². The Bertz CT molecular complexity index is 1330. The molecule has 9 nitrogen and oxygen atoms in total. The number of hydrogen-bond donors (Lipinski definition) is 3. The van der Waals surface area contributed by atoms with E-state index in [9.17, 15) is 27.2 Å². The predicted molar refractivity (Wildman–Crippen MR) is 135 cm³/mol. The molecule has 0 aliphatic carbocycles. The molecule has 202 valence electrons. The van der Waals surface area contributed by atoms with Gasteiger partial charge in [0.25, 0.3) is 11.8 Å². The lowest BCUT2D eigenvalue weighted by atomic mass is 10.0. The van der Waals surface area contributed by atoms with Crippen LogP contribution in [-0.2, 0) is 0 Å². The second kappa shape index (κ2) is 11.6. The van der Waals surface area contributed by atoms with Crippen molar-refractivity contribution >= 4 is 51.5 Å². The van der Waals surface area contributed by atoms with Crippen LogP contribution >= 0.6 is 23.1 Å². The lowest BCUT2D eigenvalue weighted by molar-refractivity contribution is -0.148. The van der Waals surface area contributed by atoms with Crippen molar-refractivity contribution in [1.29, 1.82) is 0 Å². The van der Waals surface area contributed by atoms with E-state index in [1.807, 2.05) is 0 Å². The number of hydrogen-bond acceptors (Lipinski definition) is 8. The first kappa shape index (κ1) is 27.7. The fourth-order valence-corrected chi connectivity index (χ4v) is 4.81. The van der Waals surface area contributed by atoms with E-state index in [2.05, 4.69) is 30.3 Å². The largest absolute Gasteiger partial charge is 0.401 e. The number of nitrogens with one attached hydrogen (secondary N) is 3. The molecule has 0 atom stereocenters. The van der Waals surface area contributed by atoms with E-state index in [0.717, 1.165) is 17.6 Å². The summed E-state index contributed by atoms with van der Waals surface area (Å²) < 4.78 is 55.7. The number of piperidine rings is 1. The quantitative estimate of drug-likeness (QED) is 0.350. The Labute approximate surface area is 223 Å². The molecule has 1 aliphatic heterocycles. The van der Waals surface area contributed by atoms with Gasteiger partial charge >= 0.3 is 6.18 Å². The number of rotatable bonds is 7. The van der Waals surface area contributed by atoms with Crippen LogP contribution in [0.3, 0.4) is 0 Å². The van der Waals surface area contributed by atoms with Crippen LogP contribution in [-0.4, -0.2) is 62.9 Å². The van der Waals surface area contributed by atoms with E-state index in [0.29, 0.717) is 23.5 Å². The number of halogens is 5. The van der Waals surface area contributed by atoms with Crippen molar-refractivity contribution in [1.82, 2.24) is 24.6 Å². The standard InChI is InChI=1S/C23H22ClF4N7O2S/c1-12-19(21(37)31-14-2-3-15(24)16(25)8-14)22(38-34-12)33-18-10-29-9-17(32-18)20(36)30-13-4-6-35(7-5-13)11-23(26,27)28/h2-3,8-10,13H,4-7,11H2,1H3,(H,30,36)(H,31,37)(H,32,33). The second-order valence-corrected chi connectivity index (χ2v) is 9.79. The van der Waals surface area contributed by atoms with Gasteiger partial charge in [-0.3, -0.25) is 19.5 Å². The van der Waals surface area contributed by atoms with Gasteiger partial charge in [-0.15, -0.1) is 0 Å². The molecule has 0 unspecified atom stereocenters. The van der Waals surface area contributed by atoms with E-state index >= 15 is 0 Å². The van der Waals surface area contributed by atoms with E-state index in [-0.39, 0.29) is 46.9 Å². The Morgan fingerprint density at radius 3 is 2.61 bits per heavy atom. The Morgan fingerprint density at radius 2 is 1.92 bits per heavy atom. The summed E-state index contributed by atoms with van der Waals surface area (Å²) in [5, 5.41) is 8.58. The molecule has 3 N–H and O–H groups in total. The highest BCUT2D eigenvalue weighted by molar-refractivity contribution is 7.10. The number of nitrogens with zero attached hydrogens (tertiary/aromatic N) is 4. The molecule has 1 fully saturated rings. The molecule has 2 aromatic heterocycles. The smallest absolute Gasteiger partial charge is 0.348 e. The van der Waals surface area contributed by atoms with Crippen molar-refractivity contribution in [2.24, 2.45) is 0 Å². The Balaban J connectivity index is 1.39. The number of carbonyl (C=O) groups excluding carboxylic acids is 2. The number of carbonyl (C=O) groups is 2. The molecule has 15 heteroatoms. The number of benzene rings is 1. The third-order valence-corrected chi connectivity index (χ3v) is 6.86. The topological polar surface area (TPSA) is 112 Å². The van der Waals surface area contributed by atoms with Crippen LogP contribution in [0.15, 0.2) is 30.6 Å². The molecule has 0 radical (unpaired) electrons. The van der Waals surface area contributed by atoms with Crippen molar-refractivity contribution in [3.05, 3.63) is 58.4 Å². The van der Waals surface area contributed by atoms with E-state index in [1.54, 1.807) is 6.92 Å². The highest BCUT2D eigenvalue weighted by atomic mass is 35.5. The van der Waals surface area contributed by atoms with Gasteiger partial charge in [-0.2, -0.15) is 17.5 Å². The summed E-state index contributed by atoms with van der Waals surface area (Å²) >= 11 is 6.68. The molecule has 1 saturated heterocycles. The summed E-state index contributed by atoms with van der Waals surface area (Å²) in [5.74, 6) is -1.56. The minimum absolute atomic E-state index is 0.00315. The Kier molecular flexibility index (Phi) is 8.43. The van der Waals surface area contributed by atoms with Crippen molar-refractivity contribution in [2.75, 3.05) is 30.3 Å². The molecule has 2 amide bonds. The zero-order valence-electron chi connectivity index (χ0n) is 19.9. The Morgan fingerprint density at radius 1 is 1.18 bits per heavy atom. The lowest BCUT2D eigenvalue weighted by Gasteiger charge is -2.32. The highest BCUT2D eigenvalue weighted by Crippen LogP contribution is 2.29. The molecular formula is C23H22ClF4N7O2S. The molecule has 1 aromatic carbocycles. The molecule has 3 heterocycles. The van der Waals surface area contributed by atoms with Crippen LogP contribution in [0.4, 0.5) is 34.1 Å². The fraction of sp³-hybridized carbons (Fsp3) is 0.348. The molecule has 4 rings (SSSR count). The summed E-state index contributed by atoms with van der Waals surface area (Å²) in [7, 11) is 0. The minimum atomic E-state index is -4.26. The molecule has 0 spiro atoms. The molecule has 1 aliphatic rings.